The van der Waals surface area contributed by atoms with E-state index in [9.17, 15) is 117 Å². The second-order valence-corrected chi connectivity index (χ2v) is 24.1. The van der Waals surface area contributed by atoms with E-state index in [1.54, 1.807) is 37.4 Å². The summed E-state index contributed by atoms with van der Waals surface area (Å²) in [7, 11) is 0. The molecular weight excluding hydrogens is 1380 g/mol. The number of carbonyl (C=O) groups is 19. The van der Waals surface area contributed by atoms with Gasteiger partial charge in [-0.3, -0.25) is 86.3 Å². The zero-order chi connectivity index (χ0) is 77.8. The number of amides is 13. The Labute approximate surface area is 590 Å². The number of carbonyl (C=O) groups excluding carboxylic acids is 15. The van der Waals surface area contributed by atoms with Gasteiger partial charge in [0.25, 0.3) is 0 Å². The van der Waals surface area contributed by atoms with E-state index in [1.165, 1.54) is 24.3 Å². The van der Waals surface area contributed by atoms with Crippen molar-refractivity contribution < 1.29 is 121 Å². The number of anilines is 1. The molecule has 566 valence electrons. The van der Waals surface area contributed by atoms with Crippen molar-refractivity contribution in [3.05, 3.63) is 65.9 Å². The number of hydrogen-bond donors (Lipinski definition) is 21. The molecule has 0 aliphatic carbocycles. The van der Waals surface area contributed by atoms with Crippen LogP contribution in [0.4, 0.5) is 5.69 Å². The predicted octanol–water partition coefficient (Wildman–Crippen LogP) is -7.47. The van der Waals surface area contributed by atoms with Gasteiger partial charge in [0.15, 0.2) is 5.78 Å². The van der Waals surface area contributed by atoms with Crippen molar-refractivity contribution in [3.63, 3.8) is 0 Å². The normalized spacial score (nSPS) is 22.2. The van der Waals surface area contributed by atoms with Crippen molar-refractivity contribution in [3.8, 4) is 0 Å². The Morgan fingerprint density at radius 3 is 1.72 bits per heavy atom. The third-order valence-corrected chi connectivity index (χ3v) is 15.7. The van der Waals surface area contributed by atoms with E-state index in [2.05, 4.69) is 52.8 Å². The van der Waals surface area contributed by atoms with Gasteiger partial charge in [0, 0.05) is 34.8 Å². The van der Waals surface area contributed by atoms with Crippen LogP contribution in [0.3, 0.4) is 0 Å². The van der Waals surface area contributed by atoms with Crippen molar-refractivity contribution in [2.75, 3.05) is 25.4 Å². The van der Waals surface area contributed by atoms with Gasteiger partial charge in [0.1, 0.15) is 66.5 Å². The van der Waals surface area contributed by atoms with Crippen LogP contribution < -0.4 is 81.0 Å². The number of fused-ring (bicyclic) bond motifs is 1. The van der Waals surface area contributed by atoms with E-state index in [4.69, 9.17) is 21.9 Å². The van der Waals surface area contributed by atoms with Crippen LogP contribution in [0.2, 0.25) is 0 Å². The summed E-state index contributed by atoms with van der Waals surface area (Å²) >= 11 is 0. The fourth-order valence-electron chi connectivity index (χ4n) is 10.2. The van der Waals surface area contributed by atoms with Crippen LogP contribution >= 0.6 is 0 Å². The minimum Gasteiger partial charge on any atom is -0.481 e. The van der Waals surface area contributed by atoms with E-state index >= 15 is 0 Å². The van der Waals surface area contributed by atoms with Crippen LogP contribution in [-0.4, -0.2) is 235 Å². The number of nitrogens with two attached hydrogens (primary N) is 3. The number of aliphatic carboxylic acids is 4. The first kappa shape index (κ1) is 84.2. The maximum absolute atomic E-state index is 14.7. The van der Waals surface area contributed by atoms with Crippen molar-refractivity contribution in [1.82, 2.24) is 68.8 Å². The molecule has 24 N–H and O–H groups in total. The Hall–Kier alpha value is -12.2. The highest BCUT2D eigenvalue weighted by Gasteiger charge is 2.41. The summed E-state index contributed by atoms with van der Waals surface area (Å²) in [5.74, 6) is -28.7. The largest absolute Gasteiger partial charge is 0.481 e. The van der Waals surface area contributed by atoms with Crippen molar-refractivity contribution >= 4 is 129 Å². The number of nitrogens with one attached hydrogen (secondary N) is 13. The van der Waals surface area contributed by atoms with Crippen LogP contribution in [0.15, 0.2) is 54.7 Å². The third-order valence-electron chi connectivity index (χ3n) is 15.7. The van der Waals surface area contributed by atoms with Crippen LogP contribution in [0.25, 0.3) is 10.9 Å². The molecule has 41 heteroatoms. The second-order valence-electron chi connectivity index (χ2n) is 24.1. The number of benzene rings is 2. The highest BCUT2D eigenvalue weighted by Crippen LogP contribution is 2.20. The third kappa shape index (κ3) is 26.7. The maximum atomic E-state index is 14.7. The predicted molar refractivity (Wildman–Crippen MR) is 355 cm³/mol. The summed E-state index contributed by atoms with van der Waals surface area (Å²) in [5, 5.41) is 75.6. The first-order chi connectivity index (χ1) is 48.9. The van der Waals surface area contributed by atoms with Crippen molar-refractivity contribution in [1.29, 1.82) is 0 Å². The number of aliphatic hydroxyl groups excluding tert-OH is 1. The van der Waals surface area contributed by atoms with Gasteiger partial charge in [-0.1, -0.05) is 57.0 Å². The number of para-hydroxylation sites is 2. The minimum absolute atomic E-state index is 0.138. The Kier molecular flexibility index (Phi) is 32.7. The van der Waals surface area contributed by atoms with Gasteiger partial charge in [-0.25, -0.2) is 4.79 Å². The van der Waals surface area contributed by atoms with Gasteiger partial charge >= 0.3 is 29.8 Å². The molecular formula is C63H84N16O25. The van der Waals surface area contributed by atoms with E-state index in [0.717, 1.165) is 20.8 Å². The number of ether oxygens (including phenoxy) is 1. The Bertz CT molecular complexity index is 3750. The number of primary amides is 1. The average Bonchev–Trinajstić information content (AvgIpc) is 1.32. The molecule has 1 fully saturated rings. The number of carboxylic acid groups (broad SMARTS) is 4. The molecule has 0 spiro atoms. The van der Waals surface area contributed by atoms with Gasteiger partial charge < -0.3 is 116 Å². The van der Waals surface area contributed by atoms with E-state index in [0.29, 0.717) is 22.9 Å². The molecule has 11 unspecified atom stereocenters. The number of carboxylic acids is 4. The average molecular weight is 1470 g/mol. The molecule has 1 saturated heterocycles. The zero-order valence-corrected chi connectivity index (χ0v) is 56.5. The molecule has 13 atom stereocenters. The summed E-state index contributed by atoms with van der Waals surface area (Å²) in [6.07, 6.45) is -7.31. The van der Waals surface area contributed by atoms with Crippen LogP contribution in [0.1, 0.15) is 101 Å². The summed E-state index contributed by atoms with van der Waals surface area (Å²) < 4.78 is 5.64. The van der Waals surface area contributed by atoms with Crippen LogP contribution in [0, 0.1) is 5.92 Å². The molecule has 4 rings (SSSR count). The Morgan fingerprint density at radius 2 is 1.12 bits per heavy atom. The fourth-order valence-corrected chi connectivity index (χ4v) is 10.2. The molecule has 13 amide bonds. The molecule has 0 bridgehead atoms. The number of aromatic amines is 1. The number of nitrogen functional groups attached to an aromatic ring is 1. The van der Waals surface area contributed by atoms with Gasteiger partial charge in [0.05, 0.1) is 57.8 Å². The number of Topliss-reactive ketones (excluding diaryl/α,β-unsaturated/α-hetero) is 1. The minimum atomic E-state index is -2.40. The number of ketones is 1. The summed E-state index contributed by atoms with van der Waals surface area (Å²) in [4.78, 5) is 259. The number of hydrogen-bond acceptors (Lipinski definition) is 23. The molecule has 2 aromatic carbocycles. The first-order valence-electron chi connectivity index (χ1n) is 32.2. The smallest absolute Gasteiger partial charge is 0.329 e. The standard InChI is InChI=1S/C63H84N16O25/c1-5-6-14-36-56(96)75-39(21-49(89)90)57(97)70-28(3)53(93)73-38(20-48(87)88)55(95)68-24-46(84)72-42(26-80)60(100)78-51(27(2)16-47(85)86)62(102)77-41(18-43(81)32-12-7-9-13-33(32)64)63(103)104-29(4)52(61(101)69-25-45(83)71-36)79-59(99)40(22-50(91)92)76-58(98)37(19-44(66)82)74-54(94)34(65)17-30-23-67-35-15-10-8-11-31(30)35/h7-13,15,23,27-29,34,36-42,51-52,67,80H,5-6,14,16-22,24-26,64-65H2,1-4H3,(H2,66,82)(H,68,95)(H,69,101)(H,70,97)(H,71,83)(H,72,84)(H,73,93)(H,74,94)(H,75,96)(H,76,98)(H,77,102)(H,78,100)(H,79,99)(H,85,86)(H,87,88)(H,89,90)(H,91,92)/t27?,28?,29?,34-,36?,37+,38?,39?,40?,41?,42?,51?,52?/m1/s1. The lowest BCUT2D eigenvalue weighted by Gasteiger charge is -2.30. The number of aromatic nitrogens is 1. The number of rotatable bonds is 26. The summed E-state index contributed by atoms with van der Waals surface area (Å²) in [6.45, 7) is 0.975. The molecule has 0 saturated carbocycles. The SMILES string of the molecule is CCCCC1NC(=O)CNC(=O)C(NC(=O)C(CC(=O)O)NC(=O)[C@H](CC(N)=O)NC(=O)[C@H](N)Cc2c[nH]c3ccccc23)C(C)OC(=O)C(CC(=O)c2ccccc2N)NC(=O)C(C(C)CC(=O)O)NC(=O)C(CO)NC(=O)CNC(=O)C(CC(=O)O)NC(=O)C(C)NC(=O)C(CC(=O)O)NC1=O. The van der Waals surface area contributed by atoms with Gasteiger partial charge in [-0.2, -0.15) is 0 Å². The fraction of sp³-hybridized carbons (Fsp3) is 0.476. The lowest BCUT2D eigenvalue weighted by atomic mass is 9.96. The Balaban J connectivity index is 1.86. The first-order valence-corrected chi connectivity index (χ1v) is 32.2. The lowest BCUT2D eigenvalue weighted by Crippen LogP contribution is -2.61. The van der Waals surface area contributed by atoms with Crippen molar-refractivity contribution in [2.45, 2.75) is 164 Å². The highest BCUT2D eigenvalue weighted by molar-refractivity contribution is 6.05. The van der Waals surface area contributed by atoms with Gasteiger partial charge in [-0.05, 0) is 56.4 Å². The van der Waals surface area contributed by atoms with Crippen molar-refractivity contribution in [2.24, 2.45) is 17.4 Å². The van der Waals surface area contributed by atoms with E-state index in [-0.39, 0.29) is 30.5 Å². The molecule has 104 heavy (non-hydrogen) atoms. The van der Waals surface area contributed by atoms with Crippen LogP contribution in [0.5, 0.6) is 0 Å². The molecule has 1 aliphatic rings. The number of cyclic esters (lactones) is 1. The monoisotopic (exact) mass is 1460 g/mol. The zero-order valence-electron chi connectivity index (χ0n) is 56.5. The number of unbranched alkanes of at least 4 members (excludes halogenated alkanes) is 1. The molecule has 2 heterocycles. The van der Waals surface area contributed by atoms with E-state index in [1.807, 2.05) is 16.0 Å². The maximum Gasteiger partial charge on any atom is 0.329 e. The second kappa shape index (κ2) is 40.3. The van der Waals surface area contributed by atoms with Gasteiger partial charge in [-0.15, -0.1) is 0 Å². The quantitative estimate of drug-likeness (QED) is 0.0202. The Morgan fingerprint density at radius 1 is 0.587 bits per heavy atom. The van der Waals surface area contributed by atoms with Gasteiger partial charge in [0.2, 0.25) is 76.8 Å². The number of esters is 1. The molecule has 3 aromatic rings. The van der Waals surface area contributed by atoms with Crippen LogP contribution in [-0.2, 0) is 97.5 Å². The summed E-state index contributed by atoms with van der Waals surface area (Å²) in [6, 6.07) is -10.0. The topological polar surface area (TPSA) is 673 Å². The van der Waals surface area contributed by atoms with E-state index < -0.39 is 249 Å². The number of H-pyrrole nitrogens is 1. The molecule has 0 radical (unpaired) electrons. The summed E-state index contributed by atoms with van der Waals surface area (Å²) in [5.41, 5.74) is 18.5. The molecule has 41 nitrogen and oxygen atoms in total. The lowest BCUT2D eigenvalue weighted by molar-refractivity contribution is -0.156. The highest BCUT2D eigenvalue weighted by atomic mass is 16.5. The molecule has 1 aromatic heterocycles. The number of aliphatic hydroxyl groups is 1. The molecule has 1 aliphatic heterocycles.